The van der Waals surface area contributed by atoms with E-state index in [0.29, 0.717) is 13.0 Å². The SMILES string of the molecule is CCCS(=O)(=O)CCC(=O)C1(C)CCNC1. The van der Waals surface area contributed by atoms with Crippen LogP contribution in [0.1, 0.15) is 33.1 Å². The Hall–Kier alpha value is -0.420. The van der Waals surface area contributed by atoms with Crippen LogP contribution in [0.2, 0.25) is 0 Å². The lowest BCUT2D eigenvalue weighted by atomic mass is 9.84. The number of Topliss-reactive ketones (excluding diaryl/α,β-unsaturated/α-hetero) is 1. The van der Waals surface area contributed by atoms with Crippen molar-refractivity contribution in [3.05, 3.63) is 0 Å². The quantitative estimate of drug-likeness (QED) is 0.753. The Balaban J connectivity index is 2.47. The van der Waals surface area contributed by atoms with Crippen molar-refractivity contribution < 1.29 is 13.2 Å². The van der Waals surface area contributed by atoms with Crippen LogP contribution in [-0.2, 0) is 14.6 Å². The molecule has 0 bridgehead atoms. The first-order valence-corrected chi connectivity index (χ1v) is 7.66. The average molecular weight is 247 g/mol. The molecule has 5 heteroatoms. The highest BCUT2D eigenvalue weighted by atomic mass is 32.2. The second-order valence-electron chi connectivity index (χ2n) is 4.81. The molecule has 0 aromatic heterocycles. The van der Waals surface area contributed by atoms with E-state index in [9.17, 15) is 13.2 Å². The van der Waals surface area contributed by atoms with Gasteiger partial charge in [0.1, 0.15) is 5.78 Å². The van der Waals surface area contributed by atoms with Gasteiger partial charge in [0.05, 0.1) is 5.75 Å². The number of sulfone groups is 1. The van der Waals surface area contributed by atoms with E-state index < -0.39 is 9.84 Å². The summed E-state index contributed by atoms with van der Waals surface area (Å²) in [4.78, 5) is 11.9. The minimum atomic E-state index is -3.02. The van der Waals surface area contributed by atoms with Gasteiger partial charge in [-0.1, -0.05) is 13.8 Å². The van der Waals surface area contributed by atoms with Crippen LogP contribution in [0.4, 0.5) is 0 Å². The molecule has 1 aliphatic heterocycles. The van der Waals surface area contributed by atoms with Crippen molar-refractivity contribution in [3.63, 3.8) is 0 Å². The molecule has 1 N–H and O–H groups in total. The average Bonchev–Trinajstić information content (AvgIpc) is 2.63. The molecular weight excluding hydrogens is 226 g/mol. The zero-order valence-electron chi connectivity index (χ0n) is 10.1. The molecule has 0 aromatic carbocycles. The summed E-state index contributed by atoms with van der Waals surface area (Å²) in [5.74, 6) is 0.280. The van der Waals surface area contributed by atoms with Crippen LogP contribution in [0.5, 0.6) is 0 Å². The minimum absolute atomic E-state index is 0.00919. The van der Waals surface area contributed by atoms with Crippen molar-refractivity contribution in [1.29, 1.82) is 0 Å². The first-order chi connectivity index (χ1) is 7.40. The van der Waals surface area contributed by atoms with Gasteiger partial charge in [-0.15, -0.1) is 0 Å². The number of rotatable bonds is 6. The third kappa shape index (κ3) is 3.56. The van der Waals surface area contributed by atoms with Crippen LogP contribution in [0.25, 0.3) is 0 Å². The van der Waals surface area contributed by atoms with Crippen LogP contribution in [0, 0.1) is 5.41 Å². The summed E-state index contributed by atoms with van der Waals surface area (Å²) < 4.78 is 23.0. The number of nitrogens with one attached hydrogen (secondary N) is 1. The number of hydrogen-bond acceptors (Lipinski definition) is 4. The van der Waals surface area contributed by atoms with Gasteiger partial charge in [-0.3, -0.25) is 4.79 Å². The van der Waals surface area contributed by atoms with Crippen molar-refractivity contribution in [2.24, 2.45) is 5.41 Å². The normalized spacial score (nSPS) is 25.9. The fourth-order valence-electron chi connectivity index (χ4n) is 2.02. The summed E-state index contributed by atoms with van der Waals surface area (Å²) in [5, 5.41) is 3.15. The number of hydrogen-bond donors (Lipinski definition) is 1. The van der Waals surface area contributed by atoms with E-state index in [4.69, 9.17) is 0 Å². The third-order valence-electron chi connectivity index (χ3n) is 3.20. The number of carbonyl (C=O) groups is 1. The Labute approximate surface area is 97.7 Å². The predicted molar refractivity (Wildman–Crippen MR) is 64.2 cm³/mol. The van der Waals surface area contributed by atoms with E-state index in [-0.39, 0.29) is 29.1 Å². The summed E-state index contributed by atoms with van der Waals surface area (Å²) >= 11 is 0. The molecule has 1 unspecified atom stereocenters. The molecule has 0 spiro atoms. The molecule has 1 atom stereocenters. The van der Waals surface area contributed by atoms with Crippen LogP contribution in [0.3, 0.4) is 0 Å². The van der Waals surface area contributed by atoms with Crippen molar-refractivity contribution in [2.45, 2.75) is 33.1 Å². The molecule has 1 rings (SSSR count). The van der Waals surface area contributed by atoms with E-state index in [1.54, 1.807) is 0 Å². The predicted octanol–water partition coefficient (Wildman–Crippen LogP) is 0.770. The van der Waals surface area contributed by atoms with Crippen LogP contribution >= 0.6 is 0 Å². The second-order valence-corrected chi connectivity index (χ2v) is 7.12. The van der Waals surface area contributed by atoms with Gasteiger partial charge < -0.3 is 5.32 Å². The van der Waals surface area contributed by atoms with Gasteiger partial charge in [0.2, 0.25) is 0 Å². The van der Waals surface area contributed by atoms with Crippen LogP contribution in [-0.4, -0.2) is 38.8 Å². The maximum absolute atomic E-state index is 11.9. The fourth-order valence-corrected chi connectivity index (χ4v) is 3.34. The molecule has 1 aliphatic rings. The smallest absolute Gasteiger partial charge is 0.150 e. The first-order valence-electron chi connectivity index (χ1n) is 5.84. The summed E-state index contributed by atoms with van der Waals surface area (Å²) in [6.07, 6.45) is 1.61. The molecule has 1 saturated heterocycles. The van der Waals surface area contributed by atoms with Gasteiger partial charge >= 0.3 is 0 Å². The Morgan fingerprint density at radius 1 is 1.38 bits per heavy atom. The second kappa shape index (κ2) is 5.27. The molecule has 1 fully saturated rings. The molecule has 0 aliphatic carbocycles. The Morgan fingerprint density at radius 3 is 2.56 bits per heavy atom. The molecule has 0 radical (unpaired) electrons. The maximum atomic E-state index is 11.9. The molecule has 0 amide bonds. The van der Waals surface area contributed by atoms with E-state index in [0.717, 1.165) is 13.0 Å². The van der Waals surface area contributed by atoms with Crippen molar-refractivity contribution in [2.75, 3.05) is 24.6 Å². The van der Waals surface area contributed by atoms with E-state index in [2.05, 4.69) is 5.32 Å². The summed E-state index contributed by atoms with van der Waals surface area (Å²) in [5.41, 5.74) is -0.346. The lowest BCUT2D eigenvalue weighted by Crippen LogP contribution is -2.31. The molecular formula is C11H21NO3S. The Morgan fingerprint density at radius 2 is 2.06 bits per heavy atom. The first kappa shape index (κ1) is 13.6. The lowest BCUT2D eigenvalue weighted by Gasteiger charge is -2.20. The van der Waals surface area contributed by atoms with E-state index in [1.165, 1.54) is 0 Å². The summed E-state index contributed by atoms with van der Waals surface area (Å²) in [6.45, 7) is 5.28. The molecule has 0 aromatic rings. The topological polar surface area (TPSA) is 63.2 Å². The highest BCUT2D eigenvalue weighted by Crippen LogP contribution is 2.27. The molecule has 1 heterocycles. The van der Waals surface area contributed by atoms with E-state index in [1.807, 2.05) is 13.8 Å². The highest BCUT2D eigenvalue weighted by molar-refractivity contribution is 7.91. The maximum Gasteiger partial charge on any atom is 0.150 e. The van der Waals surface area contributed by atoms with Gasteiger partial charge in [-0.2, -0.15) is 0 Å². The highest BCUT2D eigenvalue weighted by Gasteiger charge is 2.35. The van der Waals surface area contributed by atoms with Gasteiger partial charge in [0.15, 0.2) is 9.84 Å². The molecule has 16 heavy (non-hydrogen) atoms. The lowest BCUT2D eigenvalue weighted by molar-refractivity contribution is -0.126. The number of ketones is 1. The van der Waals surface area contributed by atoms with Gasteiger partial charge in [-0.25, -0.2) is 8.42 Å². The minimum Gasteiger partial charge on any atom is -0.316 e. The van der Waals surface area contributed by atoms with Gasteiger partial charge in [0, 0.05) is 24.1 Å². The third-order valence-corrected chi connectivity index (χ3v) is 5.05. The summed E-state index contributed by atoms with van der Waals surface area (Å²) in [6, 6.07) is 0. The largest absolute Gasteiger partial charge is 0.316 e. The zero-order valence-corrected chi connectivity index (χ0v) is 10.9. The Kier molecular flexibility index (Phi) is 4.50. The van der Waals surface area contributed by atoms with Crippen molar-refractivity contribution in [1.82, 2.24) is 5.32 Å². The van der Waals surface area contributed by atoms with Gasteiger partial charge in [-0.05, 0) is 19.4 Å². The van der Waals surface area contributed by atoms with Gasteiger partial charge in [0.25, 0.3) is 0 Å². The standard InChI is InChI=1S/C11H21NO3S/c1-3-7-16(14,15)8-4-10(13)11(2)5-6-12-9-11/h12H,3-9H2,1-2H3. The van der Waals surface area contributed by atoms with Crippen molar-refractivity contribution >= 4 is 15.6 Å². The molecule has 0 saturated carbocycles. The zero-order chi connectivity index (χ0) is 12.2. The molecule has 94 valence electrons. The summed E-state index contributed by atoms with van der Waals surface area (Å²) in [7, 11) is -3.02. The Bertz CT molecular complexity index is 342. The number of carbonyl (C=O) groups excluding carboxylic acids is 1. The van der Waals surface area contributed by atoms with Crippen molar-refractivity contribution in [3.8, 4) is 0 Å². The van der Waals surface area contributed by atoms with E-state index >= 15 is 0 Å². The monoisotopic (exact) mass is 247 g/mol. The fraction of sp³-hybridized carbons (Fsp3) is 0.909. The van der Waals surface area contributed by atoms with Crippen LogP contribution < -0.4 is 5.32 Å². The van der Waals surface area contributed by atoms with Crippen LogP contribution in [0.15, 0.2) is 0 Å². The molecule has 4 nitrogen and oxygen atoms in total.